The number of ether oxygens (including phenoxy) is 1. The molecule has 3 unspecified atom stereocenters. The standard InChI is InChI=1S/C17H29N3O/c1-12-6-7-17(21-5)14(8-12)15(18)10-20-9-13(2)16(11-20)19(3)4/h6-8,13,15-16H,9-11,18H2,1-5H3. The Labute approximate surface area is 128 Å². The molecule has 118 valence electrons. The number of hydrogen-bond acceptors (Lipinski definition) is 4. The molecule has 1 aromatic rings. The number of aryl methyl sites for hydroxylation is 1. The summed E-state index contributed by atoms with van der Waals surface area (Å²) in [7, 11) is 6.03. The van der Waals surface area contributed by atoms with Crippen LogP contribution in [0.4, 0.5) is 0 Å². The summed E-state index contributed by atoms with van der Waals surface area (Å²) >= 11 is 0. The molecule has 4 nitrogen and oxygen atoms in total. The fourth-order valence-corrected chi connectivity index (χ4v) is 3.39. The number of likely N-dealkylation sites (tertiary alicyclic amines) is 1. The van der Waals surface area contributed by atoms with Crippen molar-refractivity contribution in [1.29, 1.82) is 0 Å². The molecular formula is C17H29N3O. The summed E-state index contributed by atoms with van der Waals surface area (Å²) in [6, 6.07) is 6.84. The maximum Gasteiger partial charge on any atom is 0.123 e. The van der Waals surface area contributed by atoms with Gasteiger partial charge in [-0.25, -0.2) is 0 Å². The summed E-state index contributed by atoms with van der Waals surface area (Å²) in [5.41, 5.74) is 8.79. The first-order valence-corrected chi connectivity index (χ1v) is 7.71. The fraction of sp³-hybridized carbons (Fsp3) is 0.647. The molecular weight excluding hydrogens is 262 g/mol. The van der Waals surface area contributed by atoms with E-state index < -0.39 is 0 Å². The largest absolute Gasteiger partial charge is 0.496 e. The zero-order valence-corrected chi connectivity index (χ0v) is 14.0. The van der Waals surface area contributed by atoms with Crippen molar-refractivity contribution >= 4 is 0 Å². The van der Waals surface area contributed by atoms with E-state index in [1.807, 2.05) is 6.07 Å². The Kier molecular flexibility index (Phi) is 5.25. The summed E-state index contributed by atoms with van der Waals surface area (Å²) in [5.74, 6) is 1.58. The Hall–Kier alpha value is -1.10. The quantitative estimate of drug-likeness (QED) is 0.899. The Balaban J connectivity index is 2.05. The molecule has 1 heterocycles. The monoisotopic (exact) mass is 291 g/mol. The zero-order valence-electron chi connectivity index (χ0n) is 14.0. The number of methoxy groups -OCH3 is 1. The number of hydrogen-bond donors (Lipinski definition) is 1. The molecule has 2 N–H and O–H groups in total. The molecule has 0 amide bonds. The van der Waals surface area contributed by atoms with Gasteiger partial charge in [0.1, 0.15) is 5.75 Å². The number of rotatable bonds is 5. The van der Waals surface area contributed by atoms with Crippen LogP contribution < -0.4 is 10.5 Å². The van der Waals surface area contributed by atoms with Crippen LogP contribution in [0.1, 0.15) is 24.1 Å². The second-order valence-corrected chi connectivity index (χ2v) is 6.58. The molecule has 2 rings (SSSR count). The lowest BCUT2D eigenvalue weighted by atomic mass is 10.0. The van der Waals surface area contributed by atoms with Crippen LogP contribution in [0.25, 0.3) is 0 Å². The van der Waals surface area contributed by atoms with Gasteiger partial charge in [-0.05, 0) is 33.0 Å². The van der Waals surface area contributed by atoms with E-state index in [-0.39, 0.29) is 6.04 Å². The number of nitrogens with zero attached hydrogens (tertiary/aromatic N) is 2. The molecule has 1 aliphatic heterocycles. The van der Waals surface area contributed by atoms with Crippen LogP contribution in [0.5, 0.6) is 5.75 Å². The lowest BCUT2D eigenvalue weighted by Crippen LogP contribution is -2.36. The molecule has 21 heavy (non-hydrogen) atoms. The highest BCUT2D eigenvalue weighted by Crippen LogP contribution is 2.27. The number of benzene rings is 1. The van der Waals surface area contributed by atoms with E-state index in [4.69, 9.17) is 10.5 Å². The van der Waals surface area contributed by atoms with E-state index in [2.05, 4.69) is 49.9 Å². The van der Waals surface area contributed by atoms with Gasteiger partial charge in [0.2, 0.25) is 0 Å². The number of nitrogens with two attached hydrogens (primary N) is 1. The van der Waals surface area contributed by atoms with Crippen LogP contribution in [0.2, 0.25) is 0 Å². The minimum atomic E-state index is -0.00652. The predicted octanol–water partition coefficient (Wildman–Crippen LogP) is 1.89. The summed E-state index contributed by atoms with van der Waals surface area (Å²) in [5, 5.41) is 0. The summed E-state index contributed by atoms with van der Waals surface area (Å²) in [6.07, 6.45) is 0. The highest BCUT2D eigenvalue weighted by molar-refractivity contribution is 5.39. The van der Waals surface area contributed by atoms with E-state index in [1.54, 1.807) is 7.11 Å². The summed E-state index contributed by atoms with van der Waals surface area (Å²) < 4.78 is 5.46. The van der Waals surface area contributed by atoms with Crippen molar-refractivity contribution in [2.75, 3.05) is 40.8 Å². The van der Waals surface area contributed by atoms with Gasteiger partial charge in [0.15, 0.2) is 0 Å². The van der Waals surface area contributed by atoms with Crippen molar-refractivity contribution in [2.24, 2.45) is 11.7 Å². The molecule has 1 fully saturated rings. The highest BCUT2D eigenvalue weighted by atomic mass is 16.5. The van der Waals surface area contributed by atoms with Crippen molar-refractivity contribution in [3.8, 4) is 5.75 Å². The van der Waals surface area contributed by atoms with Crippen LogP contribution in [0.15, 0.2) is 18.2 Å². The van der Waals surface area contributed by atoms with Crippen LogP contribution >= 0.6 is 0 Å². The Morgan fingerprint density at radius 3 is 2.67 bits per heavy atom. The van der Waals surface area contributed by atoms with Gasteiger partial charge in [-0.15, -0.1) is 0 Å². The topological polar surface area (TPSA) is 41.7 Å². The van der Waals surface area contributed by atoms with Crippen molar-refractivity contribution in [1.82, 2.24) is 9.80 Å². The Bertz CT molecular complexity index is 475. The second-order valence-electron chi connectivity index (χ2n) is 6.58. The molecule has 0 radical (unpaired) electrons. The van der Waals surface area contributed by atoms with Gasteiger partial charge in [0.25, 0.3) is 0 Å². The minimum Gasteiger partial charge on any atom is -0.496 e. The van der Waals surface area contributed by atoms with Gasteiger partial charge in [0, 0.05) is 37.3 Å². The first-order chi connectivity index (χ1) is 9.92. The molecule has 0 saturated carbocycles. The van der Waals surface area contributed by atoms with E-state index >= 15 is 0 Å². The molecule has 3 atom stereocenters. The highest BCUT2D eigenvalue weighted by Gasteiger charge is 2.31. The van der Waals surface area contributed by atoms with Gasteiger partial charge < -0.3 is 15.4 Å². The van der Waals surface area contributed by atoms with Gasteiger partial charge in [-0.1, -0.05) is 24.6 Å². The summed E-state index contributed by atoms with van der Waals surface area (Å²) in [6.45, 7) is 7.51. The zero-order chi connectivity index (χ0) is 15.6. The molecule has 1 aromatic carbocycles. The maximum atomic E-state index is 6.45. The van der Waals surface area contributed by atoms with E-state index in [1.165, 1.54) is 5.56 Å². The molecule has 1 saturated heterocycles. The van der Waals surface area contributed by atoms with Crippen molar-refractivity contribution in [2.45, 2.75) is 25.9 Å². The Morgan fingerprint density at radius 2 is 2.10 bits per heavy atom. The second kappa shape index (κ2) is 6.77. The summed E-state index contributed by atoms with van der Waals surface area (Å²) in [4.78, 5) is 4.80. The molecule has 0 spiro atoms. The maximum absolute atomic E-state index is 6.45. The molecule has 4 heteroatoms. The van der Waals surface area contributed by atoms with Gasteiger partial charge >= 0.3 is 0 Å². The minimum absolute atomic E-state index is 0.00652. The fourth-order valence-electron chi connectivity index (χ4n) is 3.39. The van der Waals surface area contributed by atoms with Crippen molar-refractivity contribution in [3.05, 3.63) is 29.3 Å². The van der Waals surface area contributed by atoms with Crippen LogP contribution in [-0.4, -0.2) is 56.7 Å². The van der Waals surface area contributed by atoms with E-state index in [9.17, 15) is 0 Å². The Morgan fingerprint density at radius 1 is 1.38 bits per heavy atom. The third kappa shape index (κ3) is 3.76. The van der Waals surface area contributed by atoms with E-state index in [0.29, 0.717) is 12.0 Å². The van der Waals surface area contributed by atoms with Gasteiger partial charge in [-0.2, -0.15) is 0 Å². The molecule has 0 aliphatic carbocycles. The number of likely N-dealkylation sites (N-methyl/N-ethyl adjacent to an activating group) is 1. The first kappa shape index (κ1) is 16.3. The van der Waals surface area contributed by atoms with Crippen molar-refractivity contribution < 1.29 is 4.74 Å². The molecule has 0 bridgehead atoms. The third-order valence-electron chi connectivity index (χ3n) is 4.55. The SMILES string of the molecule is COc1ccc(C)cc1C(N)CN1CC(C)C(N(C)C)C1. The average molecular weight is 291 g/mol. The smallest absolute Gasteiger partial charge is 0.123 e. The molecule has 1 aliphatic rings. The van der Waals surface area contributed by atoms with E-state index in [0.717, 1.165) is 30.9 Å². The van der Waals surface area contributed by atoms with Gasteiger partial charge in [-0.3, -0.25) is 4.90 Å². The first-order valence-electron chi connectivity index (χ1n) is 7.71. The lowest BCUT2D eigenvalue weighted by Gasteiger charge is -2.24. The average Bonchev–Trinajstić information content (AvgIpc) is 2.79. The van der Waals surface area contributed by atoms with Gasteiger partial charge in [0.05, 0.1) is 7.11 Å². The normalized spacial score (nSPS) is 24.5. The van der Waals surface area contributed by atoms with Crippen molar-refractivity contribution in [3.63, 3.8) is 0 Å². The van der Waals surface area contributed by atoms with Crippen LogP contribution in [0, 0.1) is 12.8 Å². The lowest BCUT2D eigenvalue weighted by molar-refractivity contribution is 0.248. The molecule has 0 aromatic heterocycles. The predicted molar refractivity (Wildman–Crippen MR) is 87.7 cm³/mol. The van der Waals surface area contributed by atoms with Crippen LogP contribution in [0.3, 0.4) is 0 Å². The third-order valence-corrected chi connectivity index (χ3v) is 4.55. The van der Waals surface area contributed by atoms with Crippen LogP contribution in [-0.2, 0) is 0 Å².